The Balaban J connectivity index is 1.33. The number of fused-ring (bicyclic) bond motifs is 1. The molecular weight excluding hydrogens is 366 g/mol. The minimum Gasteiger partial charge on any atom is -0.484 e. The maximum absolute atomic E-state index is 12.2. The number of rotatable bonds is 7. The van der Waals surface area contributed by atoms with Crippen LogP contribution in [-0.4, -0.2) is 35.4 Å². The highest BCUT2D eigenvalue weighted by atomic mass is 16.5. The van der Waals surface area contributed by atoms with Gasteiger partial charge in [0.25, 0.3) is 5.91 Å². The molecule has 0 unspecified atom stereocenters. The number of amides is 1. The number of carbonyl (C=O) groups excluding carboxylic acids is 1. The molecule has 2 aromatic carbocycles. The number of para-hydroxylation sites is 1. The van der Waals surface area contributed by atoms with Gasteiger partial charge in [-0.3, -0.25) is 9.48 Å². The first-order valence-corrected chi connectivity index (χ1v) is 9.86. The van der Waals surface area contributed by atoms with Gasteiger partial charge >= 0.3 is 0 Å². The summed E-state index contributed by atoms with van der Waals surface area (Å²) >= 11 is 0. The summed E-state index contributed by atoms with van der Waals surface area (Å²) in [6, 6.07) is 17.9. The minimum atomic E-state index is -0.238. The predicted octanol–water partition coefficient (Wildman–Crippen LogP) is 3.05. The van der Waals surface area contributed by atoms with Crippen molar-refractivity contribution in [3.63, 3.8) is 0 Å². The van der Waals surface area contributed by atoms with Crippen molar-refractivity contribution in [1.82, 2.24) is 15.1 Å². The Kier molecular flexibility index (Phi) is 5.91. The molecule has 150 valence electrons. The highest BCUT2D eigenvalue weighted by Gasteiger charge is 2.25. The first-order chi connectivity index (χ1) is 14.2. The summed E-state index contributed by atoms with van der Waals surface area (Å²) in [6.45, 7) is 3.66. The third kappa shape index (κ3) is 4.84. The Labute approximate surface area is 170 Å². The van der Waals surface area contributed by atoms with Gasteiger partial charge in [0.15, 0.2) is 6.61 Å². The van der Waals surface area contributed by atoms with Gasteiger partial charge in [-0.05, 0) is 36.1 Å². The fourth-order valence-corrected chi connectivity index (χ4v) is 3.46. The van der Waals surface area contributed by atoms with E-state index >= 15 is 0 Å². The van der Waals surface area contributed by atoms with Gasteiger partial charge in [-0.25, -0.2) is 0 Å². The van der Waals surface area contributed by atoms with Gasteiger partial charge < -0.3 is 14.8 Å². The molecule has 1 aliphatic heterocycles. The topological polar surface area (TPSA) is 65.4 Å². The summed E-state index contributed by atoms with van der Waals surface area (Å²) in [5.41, 5.74) is 4.30. The molecule has 0 aliphatic carbocycles. The van der Waals surface area contributed by atoms with Gasteiger partial charge in [0, 0.05) is 12.7 Å². The number of hydrogen-bond acceptors (Lipinski definition) is 4. The molecule has 1 N–H and O–H groups in total. The van der Waals surface area contributed by atoms with Crippen molar-refractivity contribution < 1.29 is 14.3 Å². The zero-order valence-electron chi connectivity index (χ0n) is 16.5. The second kappa shape index (κ2) is 8.92. The number of carbonyl (C=O) groups is 1. The van der Waals surface area contributed by atoms with Crippen LogP contribution in [0.25, 0.3) is 0 Å². The lowest BCUT2D eigenvalue weighted by Crippen LogP contribution is -2.34. The van der Waals surface area contributed by atoms with Crippen LogP contribution in [0.1, 0.15) is 28.5 Å². The molecule has 0 saturated heterocycles. The minimum absolute atomic E-state index is 0.0210. The normalized spacial score (nSPS) is 15.6. The maximum Gasteiger partial charge on any atom is 0.258 e. The molecule has 0 bridgehead atoms. The SMILES string of the molecule is Cc1ccccc1OCC(=O)NC[C@H]1OCCc2cn(Cc3ccccc3)nc21. The van der Waals surface area contributed by atoms with Gasteiger partial charge in [0.2, 0.25) is 0 Å². The largest absolute Gasteiger partial charge is 0.484 e. The fourth-order valence-electron chi connectivity index (χ4n) is 3.46. The summed E-state index contributed by atoms with van der Waals surface area (Å²) in [5.74, 6) is 0.547. The zero-order valence-corrected chi connectivity index (χ0v) is 16.5. The van der Waals surface area contributed by atoms with Crippen LogP contribution < -0.4 is 10.1 Å². The molecule has 0 saturated carbocycles. The van der Waals surface area contributed by atoms with Crippen LogP contribution in [0.2, 0.25) is 0 Å². The number of benzene rings is 2. The van der Waals surface area contributed by atoms with Crippen molar-refractivity contribution in [2.24, 2.45) is 0 Å². The summed E-state index contributed by atoms with van der Waals surface area (Å²) in [4.78, 5) is 12.2. The van der Waals surface area contributed by atoms with Gasteiger partial charge in [-0.1, -0.05) is 48.5 Å². The number of ether oxygens (including phenoxy) is 2. The maximum atomic E-state index is 12.2. The molecule has 1 amide bonds. The van der Waals surface area contributed by atoms with Crippen LogP contribution in [0.5, 0.6) is 5.75 Å². The molecule has 6 heteroatoms. The molecule has 0 spiro atoms. The van der Waals surface area contributed by atoms with E-state index in [1.54, 1.807) is 0 Å². The van der Waals surface area contributed by atoms with Crippen molar-refractivity contribution in [3.8, 4) is 5.75 Å². The fraction of sp³-hybridized carbons (Fsp3) is 0.304. The van der Waals surface area contributed by atoms with Crippen LogP contribution in [0.4, 0.5) is 0 Å². The van der Waals surface area contributed by atoms with Crippen LogP contribution in [-0.2, 0) is 22.5 Å². The van der Waals surface area contributed by atoms with Crippen molar-refractivity contribution in [3.05, 3.63) is 83.2 Å². The summed E-state index contributed by atoms with van der Waals surface area (Å²) in [6.07, 6.45) is 2.68. The van der Waals surface area contributed by atoms with Gasteiger partial charge in [-0.2, -0.15) is 5.10 Å². The third-order valence-corrected chi connectivity index (χ3v) is 4.99. The van der Waals surface area contributed by atoms with E-state index in [1.807, 2.05) is 54.1 Å². The first kappa shape index (κ1) is 19.2. The molecule has 29 heavy (non-hydrogen) atoms. The highest BCUT2D eigenvalue weighted by molar-refractivity contribution is 5.77. The number of nitrogens with one attached hydrogen (secondary N) is 1. The lowest BCUT2D eigenvalue weighted by Gasteiger charge is -2.22. The molecule has 3 aromatic rings. The van der Waals surface area contributed by atoms with E-state index in [0.717, 1.165) is 30.0 Å². The van der Waals surface area contributed by atoms with Gasteiger partial charge in [0.05, 0.1) is 18.8 Å². The molecule has 1 atom stereocenters. The predicted molar refractivity (Wildman–Crippen MR) is 110 cm³/mol. The zero-order chi connectivity index (χ0) is 20.1. The Morgan fingerprint density at radius 1 is 1.21 bits per heavy atom. The Bertz CT molecular complexity index is 969. The number of hydrogen-bond donors (Lipinski definition) is 1. The second-order valence-corrected chi connectivity index (χ2v) is 7.19. The number of aryl methyl sites for hydroxylation is 1. The molecular formula is C23H25N3O3. The van der Waals surface area contributed by atoms with E-state index in [-0.39, 0.29) is 18.6 Å². The average Bonchev–Trinajstić information content (AvgIpc) is 3.15. The van der Waals surface area contributed by atoms with Crippen molar-refractivity contribution in [2.75, 3.05) is 19.8 Å². The van der Waals surface area contributed by atoms with E-state index in [1.165, 1.54) is 11.1 Å². The molecule has 2 heterocycles. The summed E-state index contributed by atoms with van der Waals surface area (Å²) in [7, 11) is 0. The molecule has 0 fully saturated rings. The van der Waals surface area contributed by atoms with E-state index in [2.05, 4.69) is 23.6 Å². The van der Waals surface area contributed by atoms with Crippen LogP contribution >= 0.6 is 0 Å². The molecule has 0 radical (unpaired) electrons. The van der Waals surface area contributed by atoms with Crippen LogP contribution in [0.15, 0.2) is 60.8 Å². The lowest BCUT2D eigenvalue weighted by atomic mass is 10.1. The highest BCUT2D eigenvalue weighted by Crippen LogP contribution is 2.25. The van der Waals surface area contributed by atoms with Crippen molar-refractivity contribution in [2.45, 2.75) is 26.0 Å². The molecule has 4 rings (SSSR count). The Morgan fingerprint density at radius 3 is 2.83 bits per heavy atom. The number of aromatic nitrogens is 2. The third-order valence-electron chi connectivity index (χ3n) is 4.99. The van der Waals surface area contributed by atoms with Crippen molar-refractivity contribution >= 4 is 5.91 Å². The standard InChI is InChI=1S/C23H25N3O3/c1-17-7-5-6-10-20(17)29-16-22(27)24-13-21-23-19(11-12-28-21)15-26(25-23)14-18-8-3-2-4-9-18/h2-10,15,21H,11-14,16H2,1H3,(H,24,27)/t21-/m1/s1. The van der Waals surface area contributed by atoms with E-state index in [9.17, 15) is 4.79 Å². The summed E-state index contributed by atoms with van der Waals surface area (Å²) < 4.78 is 13.4. The first-order valence-electron chi connectivity index (χ1n) is 9.86. The lowest BCUT2D eigenvalue weighted by molar-refractivity contribution is -0.123. The van der Waals surface area contributed by atoms with Gasteiger partial charge in [-0.15, -0.1) is 0 Å². The quantitative estimate of drug-likeness (QED) is 0.672. The van der Waals surface area contributed by atoms with Crippen LogP contribution in [0.3, 0.4) is 0 Å². The molecule has 1 aliphatic rings. The molecule has 1 aromatic heterocycles. The smallest absolute Gasteiger partial charge is 0.258 e. The monoisotopic (exact) mass is 391 g/mol. The van der Waals surface area contributed by atoms with Crippen molar-refractivity contribution in [1.29, 1.82) is 0 Å². The van der Waals surface area contributed by atoms with E-state index in [0.29, 0.717) is 13.2 Å². The second-order valence-electron chi connectivity index (χ2n) is 7.19. The summed E-state index contributed by atoms with van der Waals surface area (Å²) in [5, 5.41) is 7.62. The van der Waals surface area contributed by atoms with Crippen LogP contribution in [0, 0.1) is 6.92 Å². The van der Waals surface area contributed by atoms with E-state index < -0.39 is 0 Å². The Hall–Kier alpha value is -3.12. The van der Waals surface area contributed by atoms with Gasteiger partial charge in [0.1, 0.15) is 11.9 Å². The average molecular weight is 391 g/mol. The Morgan fingerprint density at radius 2 is 2.00 bits per heavy atom. The molecule has 6 nitrogen and oxygen atoms in total. The number of nitrogens with zero attached hydrogens (tertiary/aromatic N) is 2. The van der Waals surface area contributed by atoms with E-state index in [4.69, 9.17) is 14.6 Å².